The zero-order valence-corrected chi connectivity index (χ0v) is 30.0. The molecule has 1 aliphatic rings. The number of aliphatic hydroxyl groups is 1. The Morgan fingerprint density at radius 3 is 1.85 bits per heavy atom. The Morgan fingerprint density at radius 1 is 0.830 bits per heavy atom. The number of methoxy groups -OCH3 is 2. The Balaban J connectivity index is 1.52. The number of aryl methyl sites for hydroxylation is 1. The number of nitrogens with zero attached hydrogens (tertiary/aromatic N) is 2. The van der Waals surface area contributed by atoms with Crippen molar-refractivity contribution in [2.45, 2.75) is 42.7 Å². The summed E-state index contributed by atoms with van der Waals surface area (Å²) in [6.07, 6.45) is -3.76. The Hall–Kier alpha value is -5.05. The average molecular weight is 722 g/mol. The van der Waals surface area contributed by atoms with Gasteiger partial charge >= 0.3 is 5.69 Å². The number of carbonyl (C=O) groups excluding carboxylic acids is 1. The lowest BCUT2D eigenvalue weighted by molar-refractivity contribution is -0.452. The molecule has 0 radical (unpaired) electrons. The first-order valence-electron chi connectivity index (χ1n) is 17.2. The normalized spacial score (nSPS) is 19.8. The number of anilines is 1. The number of carbonyl (C=O) groups is 1. The Morgan fingerprint density at radius 2 is 1.36 bits per heavy atom. The Labute approximate surface area is 307 Å². The molecule has 276 valence electrons. The monoisotopic (exact) mass is 721 g/mol. The Bertz CT molecular complexity index is 1900. The van der Waals surface area contributed by atoms with Gasteiger partial charge in [-0.15, -0.1) is 0 Å². The fourth-order valence-corrected chi connectivity index (χ4v) is 7.20. The number of amides is 1. The highest BCUT2D eigenvalue weighted by molar-refractivity contribution is 6.04. The number of hydrogen-bond donors (Lipinski definition) is 2. The van der Waals surface area contributed by atoms with Gasteiger partial charge in [-0.05, 0) is 35.7 Å². The van der Waals surface area contributed by atoms with Crippen LogP contribution in [-0.4, -0.2) is 79.2 Å². The molecule has 5 aromatic rings. The fourth-order valence-electron chi connectivity index (χ4n) is 7.20. The van der Waals surface area contributed by atoms with Crippen molar-refractivity contribution in [1.29, 1.82) is 0 Å². The zero-order valence-electron chi connectivity index (χ0n) is 30.0. The molecule has 1 saturated heterocycles. The van der Waals surface area contributed by atoms with Crippen molar-refractivity contribution in [3.63, 3.8) is 0 Å². The van der Waals surface area contributed by atoms with Crippen LogP contribution in [0.2, 0.25) is 0 Å². The van der Waals surface area contributed by atoms with Gasteiger partial charge in [0.1, 0.15) is 29.5 Å². The van der Waals surface area contributed by atoms with Crippen LogP contribution in [0.15, 0.2) is 132 Å². The third-order valence-electron chi connectivity index (χ3n) is 9.52. The summed E-state index contributed by atoms with van der Waals surface area (Å²) in [6.45, 7) is 1.96. The SMILES string of the molecule is COCCO[C@@H]1[C@H](O)[C@H](C(OC)(OOC)C(c2ccccc2)(c2ccccc2)c2ccccc2)O[C@@H]1n1cc(C)c(NC(=O)c2ccccc2)nc1=O. The van der Waals surface area contributed by atoms with Gasteiger partial charge in [0.2, 0.25) is 5.79 Å². The number of rotatable bonds is 15. The van der Waals surface area contributed by atoms with Crippen LogP contribution < -0.4 is 11.0 Å². The minimum atomic E-state index is -1.99. The molecule has 12 nitrogen and oxygen atoms in total. The van der Waals surface area contributed by atoms with Gasteiger partial charge in [0.05, 0.1) is 20.3 Å². The quantitative estimate of drug-likeness (QED) is 0.0497. The van der Waals surface area contributed by atoms with Crippen LogP contribution in [0.3, 0.4) is 0 Å². The highest BCUT2D eigenvalue weighted by Crippen LogP contribution is 2.55. The van der Waals surface area contributed by atoms with Crippen LogP contribution in [0.4, 0.5) is 5.82 Å². The van der Waals surface area contributed by atoms with Gasteiger partial charge in [0.15, 0.2) is 6.23 Å². The molecule has 5 atom stereocenters. The van der Waals surface area contributed by atoms with Gasteiger partial charge in [-0.2, -0.15) is 9.87 Å². The summed E-state index contributed by atoms with van der Waals surface area (Å²) < 4.78 is 26.0. The van der Waals surface area contributed by atoms with Crippen LogP contribution in [0.1, 0.15) is 38.8 Å². The van der Waals surface area contributed by atoms with E-state index < -0.39 is 47.3 Å². The molecule has 53 heavy (non-hydrogen) atoms. The predicted molar refractivity (Wildman–Crippen MR) is 196 cm³/mol. The summed E-state index contributed by atoms with van der Waals surface area (Å²) >= 11 is 0. The molecular weight excluding hydrogens is 678 g/mol. The van der Waals surface area contributed by atoms with Crippen molar-refractivity contribution in [2.75, 3.05) is 39.9 Å². The summed E-state index contributed by atoms with van der Waals surface area (Å²) in [5, 5.41) is 15.2. The maximum Gasteiger partial charge on any atom is 0.351 e. The third-order valence-corrected chi connectivity index (χ3v) is 9.52. The number of hydrogen-bond acceptors (Lipinski definition) is 10. The van der Waals surface area contributed by atoms with Crippen molar-refractivity contribution >= 4 is 11.7 Å². The van der Waals surface area contributed by atoms with Crippen molar-refractivity contribution in [2.24, 2.45) is 0 Å². The van der Waals surface area contributed by atoms with Gasteiger partial charge in [0.25, 0.3) is 5.91 Å². The van der Waals surface area contributed by atoms with E-state index in [1.165, 1.54) is 32.1 Å². The molecule has 6 rings (SSSR count). The second kappa shape index (κ2) is 16.7. The molecule has 1 fully saturated rings. The fraction of sp³-hybridized carbons (Fsp3) is 0.293. The topological polar surface area (TPSA) is 140 Å². The van der Waals surface area contributed by atoms with Crippen LogP contribution in [-0.2, 0) is 34.1 Å². The van der Waals surface area contributed by atoms with E-state index >= 15 is 0 Å². The highest BCUT2D eigenvalue weighted by atomic mass is 17.2. The lowest BCUT2D eigenvalue weighted by Gasteiger charge is -2.51. The first-order chi connectivity index (χ1) is 25.8. The third kappa shape index (κ3) is 7.06. The van der Waals surface area contributed by atoms with Gasteiger partial charge in [-0.3, -0.25) is 9.36 Å². The summed E-state index contributed by atoms with van der Waals surface area (Å²) in [6, 6.07) is 37.4. The predicted octanol–water partition coefficient (Wildman–Crippen LogP) is 5.05. The maximum absolute atomic E-state index is 13.9. The molecule has 1 aliphatic heterocycles. The smallest absolute Gasteiger partial charge is 0.351 e. The lowest BCUT2D eigenvalue weighted by Crippen LogP contribution is -2.65. The van der Waals surface area contributed by atoms with Crippen LogP contribution in [0, 0.1) is 6.92 Å². The molecule has 1 aromatic heterocycles. The molecular formula is C41H43N3O9. The minimum absolute atomic E-state index is 0.0590. The van der Waals surface area contributed by atoms with E-state index in [1.807, 2.05) is 91.0 Å². The molecule has 1 unspecified atom stereocenters. The molecule has 0 aliphatic carbocycles. The van der Waals surface area contributed by atoms with E-state index in [0.29, 0.717) is 11.1 Å². The molecule has 1 amide bonds. The standard InChI is InChI=1S/C41H43N3O9/c1-28-27-44(39(47)43-36(28)42-37(46)29-17-9-5-10-18-29)38-34(51-26-25-48-2)33(45)35(52-38)41(49-3,53-50-4)40(30-19-11-6-12-20-30,31-21-13-7-14-22-31)32-23-15-8-16-24-32/h5-24,27,33-35,38,45H,25-26H2,1-4H3,(H,42,43,46,47)/t33-,34+,35+,38-,41?/m0/s1. The molecule has 4 aromatic carbocycles. The molecule has 0 saturated carbocycles. The van der Waals surface area contributed by atoms with Gasteiger partial charge < -0.3 is 29.4 Å². The molecule has 2 N–H and O–H groups in total. The van der Waals surface area contributed by atoms with E-state index in [1.54, 1.807) is 37.3 Å². The number of ether oxygens (including phenoxy) is 4. The maximum atomic E-state index is 13.9. The second-order valence-corrected chi connectivity index (χ2v) is 12.5. The number of benzene rings is 4. The van der Waals surface area contributed by atoms with E-state index in [9.17, 15) is 14.7 Å². The summed E-state index contributed by atoms with van der Waals surface area (Å²) in [7, 11) is 4.34. The molecule has 0 spiro atoms. The van der Waals surface area contributed by atoms with E-state index in [0.717, 1.165) is 16.7 Å². The Kier molecular flexibility index (Phi) is 11.9. The van der Waals surface area contributed by atoms with E-state index in [-0.39, 0.29) is 19.0 Å². The van der Waals surface area contributed by atoms with E-state index in [2.05, 4.69) is 10.3 Å². The first-order valence-corrected chi connectivity index (χ1v) is 17.2. The summed E-state index contributed by atoms with van der Waals surface area (Å²) in [4.78, 5) is 42.9. The van der Waals surface area contributed by atoms with E-state index in [4.69, 9.17) is 28.7 Å². The largest absolute Gasteiger partial charge is 0.387 e. The zero-order chi connectivity index (χ0) is 37.4. The number of aliphatic hydroxyl groups excluding tert-OH is 1. The minimum Gasteiger partial charge on any atom is -0.387 e. The van der Waals surface area contributed by atoms with Gasteiger partial charge in [-0.25, -0.2) is 9.68 Å². The van der Waals surface area contributed by atoms with Gasteiger partial charge in [-0.1, -0.05) is 109 Å². The van der Waals surface area contributed by atoms with Crippen molar-refractivity contribution in [1.82, 2.24) is 9.55 Å². The second-order valence-electron chi connectivity index (χ2n) is 12.5. The first kappa shape index (κ1) is 37.7. The number of nitrogens with one attached hydrogen (secondary N) is 1. The summed E-state index contributed by atoms with van der Waals surface area (Å²) in [5.41, 5.74) is 0.950. The lowest BCUT2D eigenvalue weighted by atomic mass is 9.61. The van der Waals surface area contributed by atoms with Crippen molar-refractivity contribution in [3.05, 3.63) is 166 Å². The molecule has 2 heterocycles. The van der Waals surface area contributed by atoms with Crippen LogP contribution in [0.25, 0.3) is 0 Å². The average Bonchev–Trinajstić information content (AvgIpc) is 3.52. The molecule has 0 bridgehead atoms. The number of aromatic nitrogens is 2. The highest BCUT2D eigenvalue weighted by Gasteiger charge is 2.68. The molecule has 12 heteroatoms. The van der Waals surface area contributed by atoms with Crippen LogP contribution in [0.5, 0.6) is 0 Å². The van der Waals surface area contributed by atoms with Crippen molar-refractivity contribution in [3.8, 4) is 0 Å². The summed E-state index contributed by atoms with van der Waals surface area (Å²) in [5.74, 6) is -2.33. The van der Waals surface area contributed by atoms with Crippen LogP contribution >= 0.6 is 0 Å². The van der Waals surface area contributed by atoms with Gasteiger partial charge in [0, 0.05) is 31.5 Å². The van der Waals surface area contributed by atoms with Crippen molar-refractivity contribution < 1.29 is 38.6 Å².